The summed E-state index contributed by atoms with van der Waals surface area (Å²) in [5.74, 6) is 0.283. The molecule has 0 spiro atoms. The van der Waals surface area contributed by atoms with Crippen molar-refractivity contribution in [1.82, 2.24) is 15.2 Å². The lowest BCUT2D eigenvalue weighted by Crippen LogP contribution is -2.38. The van der Waals surface area contributed by atoms with E-state index in [2.05, 4.69) is 10.3 Å². The van der Waals surface area contributed by atoms with Crippen LogP contribution in [0, 0.1) is 11.8 Å². The van der Waals surface area contributed by atoms with Crippen LogP contribution in [0.3, 0.4) is 0 Å². The fraction of sp³-hybridized carbons (Fsp3) is 0.409. The number of rotatable bonds is 6. The Morgan fingerprint density at radius 1 is 1.00 bits per heavy atom. The Kier molecular flexibility index (Phi) is 6.58. The Morgan fingerprint density at radius 2 is 1.67 bits per heavy atom. The maximum absolute atomic E-state index is 12.7. The van der Waals surface area contributed by atoms with Crippen molar-refractivity contribution in [3.05, 3.63) is 66.0 Å². The highest BCUT2D eigenvalue weighted by molar-refractivity contribution is 5.81. The summed E-state index contributed by atoms with van der Waals surface area (Å²) in [7, 11) is 1.86. The molecule has 1 fully saturated rings. The zero-order chi connectivity index (χ0) is 19.1. The third-order valence-electron chi connectivity index (χ3n) is 5.26. The molecule has 0 bridgehead atoms. The van der Waals surface area contributed by atoms with E-state index in [9.17, 15) is 9.59 Å². The number of carbonyl (C=O) groups excluding carboxylic acids is 2. The highest BCUT2D eigenvalue weighted by Gasteiger charge is 2.31. The van der Waals surface area contributed by atoms with E-state index >= 15 is 0 Å². The SMILES string of the molecule is CN(Cc1ccccc1)C(=O)C1CCC(C(=O)NCc2ccccn2)CC1. The Labute approximate surface area is 160 Å². The molecule has 2 aromatic rings. The summed E-state index contributed by atoms with van der Waals surface area (Å²) in [5, 5.41) is 2.97. The minimum atomic E-state index is -0.00260. The summed E-state index contributed by atoms with van der Waals surface area (Å²) in [4.78, 5) is 31.1. The number of pyridine rings is 1. The van der Waals surface area contributed by atoms with E-state index in [0.29, 0.717) is 13.1 Å². The van der Waals surface area contributed by atoms with Gasteiger partial charge in [-0.3, -0.25) is 14.6 Å². The molecule has 1 aromatic heterocycles. The van der Waals surface area contributed by atoms with Gasteiger partial charge in [-0.15, -0.1) is 0 Å². The minimum absolute atomic E-state index is 0.00260. The molecule has 0 saturated heterocycles. The number of aromatic nitrogens is 1. The van der Waals surface area contributed by atoms with Crippen molar-refractivity contribution in [2.45, 2.75) is 38.8 Å². The van der Waals surface area contributed by atoms with E-state index in [1.54, 1.807) is 6.20 Å². The van der Waals surface area contributed by atoms with Crippen molar-refractivity contribution in [3.63, 3.8) is 0 Å². The van der Waals surface area contributed by atoms with Gasteiger partial charge in [0.2, 0.25) is 11.8 Å². The third-order valence-corrected chi connectivity index (χ3v) is 5.26. The standard InChI is InChI=1S/C22H27N3O2/c1-25(16-17-7-3-2-4-8-17)22(27)19-12-10-18(11-13-19)21(26)24-15-20-9-5-6-14-23-20/h2-9,14,18-19H,10-13,15-16H2,1H3,(H,24,26). The first-order valence-corrected chi connectivity index (χ1v) is 9.60. The van der Waals surface area contributed by atoms with Crippen molar-refractivity contribution < 1.29 is 9.59 Å². The monoisotopic (exact) mass is 365 g/mol. The molecule has 1 N–H and O–H groups in total. The van der Waals surface area contributed by atoms with E-state index in [-0.39, 0.29) is 23.7 Å². The van der Waals surface area contributed by atoms with Crippen molar-refractivity contribution >= 4 is 11.8 Å². The van der Waals surface area contributed by atoms with Crippen molar-refractivity contribution in [1.29, 1.82) is 0 Å². The highest BCUT2D eigenvalue weighted by Crippen LogP contribution is 2.30. The zero-order valence-corrected chi connectivity index (χ0v) is 15.8. The molecular weight excluding hydrogens is 338 g/mol. The van der Waals surface area contributed by atoms with Gasteiger partial charge in [0.15, 0.2) is 0 Å². The summed E-state index contributed by atoms with van der Waals surface area (Å²) in [6, 6.07) is 15.7. The van der Waals surface area contributed by atoms with Gasteiger partial charge in [0, 0.05) is 31.6 Å². The van der Waals surface area contributed by atoms with Crippen LogP contribution in [-0.2, 0) is 22.7 Å². The van der Waals surface area contributed by atoms with Crippen molar-refractivity contribution in [3.8, 4) is 0 Å². The Morgan fingerprint density at radius 3 is 2.33 bits per heavy atom. The van der Waals surface area contributed by atoms with Crippen molar-refractivity contribution in [2.24, 2.45) is 11.8 Å². The lowest BCUT2D eigenvalue weighted by atomic mass is 9.81. The molecule has 0 atom stereocenters. The molecule has 5 nitrogen and oxygen atoms in total. The van der Waals surface area contributed by atoms with Gasteiger partial charge in [0.25, 0.3) is 0 Å². The second-order valence-electron chi connectivity index (χ2n) is 7.27. The number of benzene rings is 1. The van der Waals surface area contributed by atoms with Crippen LogP contribution in [0.2, 0.25) is 0 Å². The first kappa shape index (κ1) is 19.1. The third kappa shape index (κ3) is 5.39. The second-order valence-corrected chi connectivity index (χ2v) is 7.27. The predicted molar refractivity (Wildman–Crippen MR) is 104 cm³/mol. The number of hydrogen-bond donors (Lipinski definition) is 1. The molecule has 2 amide bonds. The second kappa shape index (κ2) is 9.31. The summed E-state index contributed by atoms with van der Waals surface area (Å²) >= 11 is 0. The lowest BCUT2D eigenvalue weighted by molar-refractivity contribution is -0.137. The van der Waals surface area contributed by atoms with Crippen LogP contribution >= 0.6 is 0 Å². The number of amides is 2. The molecule has 142 valence electrons. The smallest absolute Gasteiger partial charge is 0.225 e. The van der Waals surface area contributed by atoms with Gasteiger partial charge >= 0.3 is 0 Å². The maximum atomic E-state index is 12.7. The summed E-state index contributed by atoms with van der Waals surface area (Å²) < 4.78 is 0. The quantitative estimate of drug-likeness (QED) is 0.855. The fourth-order valence-corrected chi connectivity index (χ4v) is 3.67. The molecule has 1 heterocycles. The normalized spacial score (nSPS) is 19.3. The van der Waals surface area contributed by atoms with Crippen LogP contribution in [-0.4, -0.2) is 28.7 Å². The number of nitrogens with zero attached hydrogens (tertiary/aromatic N) is 2. The summed E-state index contributed by atoms with van der Waals surface area (Å²) in [5.41, 5.74) is 1.99. The molecule has 5 heteroatoms. The first-order chi connectivity index (χ1) is 13.1. The van der Waals surface area contributed by atoms with E-state index in [1.807, 2.05) is 60.5 Å². The van der Waals surface area contributed by atoms with Crippen LogP contribution in [0.4, 0.5) is 0 Å². The van der Waals surface area contributed by atoms with Gasteiger partial charge in [0.05, 0.1) is 12.2 Å². The topological polar surface area (TPSA) is 62.3 Å². The van der Waals surface area contributed by atoms with Gasteiger partial charge in [-0.1, -0.05) is 36.4 Å². The van der Waals surface area contributed by atoms with Gasteiger partial charge in [-0.25, -0.2) is 0 Å². The molecule has 0 radical (unpaired) electrons. The number of hydrogen-bond acceptors (Lipinski definition) is 3. The average molecular weight is 365 g/mol. The Hall–Kier alpha value is -2.69. The molecule has 27 heavy (non-hydrogen) atoms. The fourth-order valence-electron chi connectivity index (χ4n) is 3.67. The molecule has 1 aliphatic rings. The van der Waals surface area contributed by atoms with E-state index in [1.165, 1.54) is 0 Å². The molecule has 1 aliphatic carbocycles. The van der Waals surface area contributed by atoms with Crippen LogP contribution in [0.25, 0.3) is 0 Å². The van der Waals surface area contributed by atoms with Crippen molar-refractivity contribution in [2.75, 3.05) is 7.05 Å². The average Bonchev–Trinajstić information content (AvgIpc) is 2.73. The molecule has 1 aromatic carbocycles. The Bertz CT molecular complexity index is 741. The molecular formula is C22H27N3O2. The summed E-state index contributed by atoms with van der Waals surface area (Å²) in [6.45, 7) is 1.09. The molecule has 1 saturated carbocycles. The maximum Gasteiger partial charge on any atom is 0.225 e. The van der Waals surface area contributed by atoms with Gasteiger partial charge < -0.3 is 10.2 Å². The van der Waals surface area contributed by atoms with E-state index in [4.69, 9.17) is 0 Å². The zero-order valence-electron chi connectivity index (χ0n) is 15.8. The number of nitrogens with one attached hydrogen (secondary N) is 1. The van der Waals surface area contributed by atoms with Gasteiger partial charge in [-0.05, 0) is 43.4 Å². The highest BCUT2D eigenvalue weighted by atomic mass is 16.2. The number of carbonyl (C=O) groups is 2. The van der Waals surface area contributed by atoms with Crippen LogP contribution in [0.15, 0.2) is 54.7 Å². The van der Waals surface area contributed by atoms with Gasteiger partial charge in [-0.2, -0.15) is 0 Å². The molecule has 0 unspecified atom stereocenters. The lowest BCUT2D eigenvalue weighted by Gasteiger charge is -2.30. The first-order valence-electron chi connectivity index (χ1n) is 9.60. The molecule has 3 rings (SSSR count). The predicted octanol–water partition coefficient (Wildman–Crippen LogP) is 3.16. The van der Waals surface area contributed by atoms with E-state index < -0.39 is 0 Å². The van der Waals surface area contributed by atoms with E-state index in [0.717, 1.165) is 36.9 Å². The minimum Gasteiger partial charge on any atom is -0.350 e. The van der Waals surface area contributed by atoms with Crippen LogP contribution < -0.4 is 5.32 Å². The Balaban J connectivity index is 1.43. The molecule has 0 aliphatic heterocycles. The largest absolute Gasteiger partial charge is 0.350 e. The summed E-state index contributed by atoms with van der Waals surface area (Å²) in [6.07, 6.45) is 4.82. The van der Waals surface area contributed by atoms with Crippen LogP contribution in [0.5, 0.6) is 0 Å². The van der Waals surface area contributed by atoms with Crippen LogP contribution in [0.1, 0.15) is 36.9 Å². The van der Waals surface area contributed by atoms with Gasteiger partial charge in [0.1, 0.15) is 0 Å².